The quantitative estimate of drug-likeness (QED) is 0.649. The molecule has 2 heterocycles. The predicted molar refractivity (Wildman–Crippen MR) is 99.7 cm³/mol. The van der Waals surface area contributed by atoms with E-state index >= 15 is 0 Å². The number of benzene rings is 1. The molecule has 0 fully saturated rings. The molecule has 0 aliphatic carbocycles. The molecule has 3 rings (SSSR count). The molecule has 2 aromatic heterocycles. The van der Waals surface area contributed by atoms with E-state index in [1.165, 1.54) is 24.4 Å². The number of phenols is 1. The van der Waals surface area contributed by atoms with Crippen LogP contribution in [-0.4, -0.2) is 33.0 Å². The Morgan fingerprint density at radius 2 is 2.00 bits per heavy atom. The second kappa shape index (κ2) is 8.86. The lowest BCUT2D eigenvalue weighted by molar-refractivity contribution is 0.313. The summed E-state index contributed by atoms with van der Waals surface area (Å²) < 4.78 is 27.5. The largest absolute Gasteiger partial charge is 0.506 e. The number of anilines is 1. The van der Waals surface area contributed by atoms with Gasteiger partial charge in [-0.3, -0.25) is 4.98 Å². The predicted octanol–water partition coefficient (Wildman–Crippen LogP) is 3.64. The first-order valence-corrected chi connectivity index (χ1v) is 8.62. The van der Waals surface area contributed by atoms with E-state index in [0.717, 1.165) is 0 Å². The maximum Gasteiger partial charge on any atom is 0.148 e. The third-order valence-corrected chi connectivity index (χ3v) is 4.11. The van der Waals surface area contributed by atoms with Crippen LogP contribution in [0.25, 0.3) is 11.3 Å². The lowest BCUT2D eigenvalue weighted by Crippen LogP contribution is -2.14. The number of nitrogens with zero attached hydrogens (tertiary/aromatic N) is 4. The van der Waals surface area contributed by atoms with E-state index in [9.17, 15) is 13.9 Å². The molecule has 0 saturated carbocycles. The van der Waals surface area contributed by atoms with Crippen LogP contribution in [0.3, 0.4) is 0 Å². The zero-order valence-electron chi connectivity index (χ0n) is 14.8. The van der Waals surface area contributed by atoms with Crippen LogP contribution in [0.5, 0.6) is 5.75 Å². The summed E-state index contributed by atoms with van der Waals surface area (Å²) in [6.07, 6.45) is 0.262. The normalized spacial score (nSPS) is 11.6. The van der Waals surface area contributed by atoms with Gasteiger partial charge in [-0.25, -0.2) is 8.78 Å². The fraction of sp³-hybridized carbons (Fsp3) is 0.200. The Balaban J connectivity index is 1.55. The number of rotatable bonds is 7. The van der Waals surface area contributed by atoms with Crippen LogP contribution < -0.4 is 5.32 Å². The van der Waals surface area contributed by atoms with Gasteiger partial charge < -0.3 is 10.4 Å². The minimum Gasteiger partial charge on any atom is -0.506 e. The fourth-order valence-electron chi connectivity index (χ4n) is 2.65. The first kappa shape index (κ1) is 19.2. The Labute approximate surface area is 160 Å². The van der Waals surface area contributed by atoms with Gasteiger partial charge in [0.2, 0.25) is 0 Å². The minimum atomic E-state index is -1.24. The van der Waals surface area contributed by atoms with E-state index in [4.69, 9.17) is 5.26 Å². The number of hydrogen-bond donors (Lipinski definition) is 2. The Hall–Kier alpha value is -3.60. The van der Waals surface area contributed by atoms with Gasteiger partial charge in [-0.2, -0.15) is 5.26 Å². The topological polar surface area (TPSA) is 94.7 Å². The van der Waals surface area contributed by atoms with E-state index < -0.39 is 12.0 Å². The lowest BCUT2D eigenvalue weighted by Gasteiger charge is -2.10. The Kier molecular flexibility index (Phi) is 6.07. The van der Waals surface area contributed by atoms with Crippen LogP contribution in [-0.2, 0) is 6.42 Å². The number of pyridine rings is 1. The van der Waals surface area contributed by atoms with Crippen molar-refractivity contribution in [2.24, 2.45) is 0 Å². The molecule has 0 saturated heterocycles. The van der Waals surface area contributed by atoms with Gasteiger partial charge in [0.15, 0.2) is 0 Å². The first-order chi connectivity index (χ1) is 13.6. The van der Waals surface area contributed by atoms with Gasteiger partial charge >= 0.3 is 0 Å². The second-order valence-electron chi connectivity index (χ2n) is 6.07. The molecule has 3 aromatic rings. The minimum absolute atomic E-state index is 0.0898. The number of halogens is 2. The molecule has 0 spiro atoms. The zero-order chi connectivity index (χ0) is 19.9. The van der Waals surface area contributed by atoms with Gasteiger partial charge in [-0.05, 0) is 42.8 Å². The van der Waals surface area contributed by atoms with E-state index in [0.29, 0.717) is 23.6 Å². The first-order valence-electron chi connectivity index (χ1n) is 8.62. The molecule has 0 aliphatic heterocycles. The van der Waals surface area contributed by atoms with Gasteiger partial charge in [0.05, 0.1) is 17.0 Å². The molecule has 1 aromatic carbocycles. The molecule has 142 valence electrons. The van der Waals surface area contributed by atoms with Gasteiger partial charge in [0.25, 0.3) is 0 Å². The molecule has 0 aliphatic rings. The Bertz CT molecular complexity index is 989. The highest BCUT2D eigenvalue weighted by Gasteiger charge is 2.13. The van der Waals surface area contributed by atoms with Crippen molar-refractivity contribution in [3.63, 3.8) is 0 Å². The van der Waals surface area contributed by atoms with Crippen LogP contribution >= 0.6 is 0 Å². The van der Waals surface area contributed by atoms with Crippen molar-refractivity contribution in [2.75, 3.05) is 11.9 Å². The summed E-state index contributed by atoms with van der Waals surface area (Å²) in [6, 6.07) is 12.7. The van der Waals surface area contributed by atoms with Gasteiger partial charge in [0, 0.05) is 24.7 Å². The molecule has 0 bridgehead atoms. The third kappa shape index (κ3) is 4.57. The van der Waals surface area contributed by atoms with Crippen molar-refractivity contribution in [2.45, 2.75) is 19.0 Å². The number of nitriles is 1. The van der Waals surface area contributed by atoms with E-state index in [-0.39, 0.29) is 29.8 Å². The molecule has 0 radical (unpaired) electrons. The summed E-state index contributed by atoms with van der Waals surface area (Å²) in [4.78, 5) is 3.84. The SMILES string of the molecule is N#Cc1cccc(-c2ccc(NCC[C@H](F)Cc3ncccc3F)nn2)c1O. The highest BCUT2D eigenvalue weighted by Crippen LogP contribution is 2.30. The maximum absolute atomic E-state index is 14.0. The van der Waals surface area contributed by atoms with E-state index in [2.05, 4.69) is 20.5 Å². The number of hydrogen-bond acceptors (Lipinski definition) is 6. The number of nitrogens with one attached hydrogen (secondary N) is 1. The third-order valence-electron chi connectivity index (χ3n) is 4.11. The summed E-state index contributed by atoms with van der Waals surface area (Å²) in [5, 5.41) is 30.0. The number of aromatic nitrogens is 3. The molecule has 28 heavy (non-hydrogen) atoms. The molecule has 0 unspecified atom stereocenters. The number of para-hydroxylation sites is 1. The monoisotopic (exact) mass is 381 g/mol. The Morgan fingerprint density at radius 1 is 1.14 bits per heavy atom. The van der Waals surface area contributed by atoms with Crippen LogP contribution in [0.2, 0.25) is 0 Å². The Morgan fingerprint density at radius 3 is 2.71 bits per heavy atom. The van der Waals surface area contributed by atoms with Gasteiger partial charge in [-0.15, -0.1) is 10.2 Å². The fourth-order valence-corrected chi connectivity index (χ4v) is 2.65. The van der Waals surface area contributed by atoms with E-state index in [1.54, 1.807) is 24.3 Å². The van der Waals surface area contributed by atoms with Crippen molar-refractivity contribution >= 4 is 5.82 Å². The van der Waals surface area contributed by atoms with Gasteiger partial charge in [-0.1, -0.05) is 6.07 Å². The average molecular weight is 381 g/mol. The maximum atomic E-state index is 14.0. The summed E-state index contributed by atoms with van der Waals surface area (Å²) >= 11 is 0. The number of aromatic hydroxyl groups is 1. The van der Waals surface area contributed by atoms with E-state index in [1.807, 2.05) is 6.07 Å². The van der Waals surface area contributed by atoms with Crippen LogP contribution in [0.4, 0.5) is 14.6 Å². The standard InChI is InChI=1S/C20H17F2N5O/c21-14(11-18-16(22)5-2-9-24-18)8-10-25-19-7-6-17(26-27-19)15-4-1-3-13(12-23)20(15)28/h1-7,9,14,28H,8,10-11H2,(H,25,27)/t14-/m0/s1. The molecule has 0 amide bonds. The lowest BCUT2D eigenvalue weighted by atomic mass is 10.1. The average Bonchev–Trinajstić information content (AvgIpc) is 2.71. The summed E-state index contributed by atoms with van der Waals surface area (Å²) in [7, 11) is 0. The molecular formula is C20H17F2N5O. The summed E-state index contributed by atoms with van der Waals surface area (Å²) in [5.41, 5.74) is 1.08. The van der Waals surface area contributed by atoms with Crippen molar-refractivity contribution in [3.05, 3.63) is 65.7 Å². The van der Waals surface area contributed by atoms with Crippen molar-refractivity contribution in [1.82, 2.24) is 15.2 Å². The summed E-state index contributed by atoms with van der Waals surface area (Å²) in [6.45, 7) is 0.290. The second-order valence-corrected chi connectivity index (χ2v) is 6.07. The molecular weight excluding hydrogens is 364 g/mol. The zero-order valence-corrected chi connectivity index (χ0v) is 14.8. The van der Waals surface area contributed by atoms with Gasteiger partial charge in [0.1, 0.15) is 29.6 Å². The molecule has 6 nitrogen and oxygen atoms in total. The number of alkyl halides is 1. The molecule has 2 N–H and O–H groups in total. The smallest absolute Gasteiger partial charge is 0.148 e. The highest BCUT2D eigenvalue weighted by molar-refractivity contribution is 5.70. The van der Waals surface area contributed by atoms with Crippen LogP contribution in [0.1, 0.15) is 17.7 Å². The molecule has 8 heteroatoms. The highest BCUT2D eigenvalue weighted by atomic mass is 19.1. The van der Waals surface area contributed by atoms with Crippen LogP contribution in [0, 0.1) is 17.1 Å². The van der Waals surface area contributed by atoms with Crippen molar-refractivity contribution in [3.8, 4) is 23.1 Å². The number of phenolic OH excluding ortho intramolecular Hbond substituents is 1. The van der Waals surface area contributed by atoms with Crippen molar-refractivity contribution in [1.29, 1.82) is 5.26 Å². The van der Waals surface area contributed by atoms with Crippen LogP contribution in [0.15, 0.2) is 48.7 Å². The molecule has 1 atom stereocenters. The van der Waals surface area contributed by atoms with Crippen molar-refractivity contribution < 1.29 is 13.9 Å². The summed E-state index contributed by atoms with van der Waals surface area (Å²) in [5.74, 6) is -0.221.